The number of aliphatic hydroxyl groups is 1. The zero-order valence-corrected chi connectivity index (χ0v) is 31.0. The molecular weight excluding hydrogens is 689 g/mol. The molecule has 51 heavy (non-hydrogen) atoms. The van der Waals surface area contributed by atoms with Crippen LogP contribution in [0, 0.1) is 0 Å². The summed E-state index contributed by atoms with van der Waals surface area (Å²) in [6, 6.07) is 21.4. The van der Waals surface area contributed by atoms with Gasteiger partial charge in [-0.3, -0.25) is 9.59 Å². The van der Waals surface area contributed by atoms with Gasteiger partial charge in [-0.2, -0.15) is 0 Å². The Kier molecular flexibility index (Phi) is 12.9. The van der Waals surface area contributed by atoms with Crippen LogP contribution in [0.1, 0.15) is 79.3 Å². The first-order valence-corrected chi connectivity index (χ1v) is 21.4. The number of nitrogens with one attached hydrogen (secondary N) is 3. The molecule has 4 atom stereocenters. The fraction of sp³-hybridized carbons (Fsp3) is 0.474. The van der Waals surface area contributed by atoms with Crippen LogP contribution in [-0.4, -0.2) is 82.3 Å². The molecule has 5 rings (SSSR count). The van der Waals surface area contributed by atoms with Crippen LogP contribution in [-0.2, 0) is 31.1 Å². The first-order chi connectivity index (χ1) is 24.3. The molecule has 0 spiro atoms. The van der Waals surface area contributed by atoms with E-state index in [1.54, 1.807) is 49.4 Å². The zero-order chi connectivity index (χ0) is 36.6. The Hall–Kier alpha value is -3.78. The van der Waals surface area contributed by atoms with E-state index in [0.717, 1.165) is 41.8 Å². The van der Waals surface area contributed by atoms with Gasteiger partial charge in [-0.25, -0.2) is 21.1 Å². The minimum atomic E-state index is -3.89. The highest BCUT2D eigenvalue weighted by atomic mass is 32.2. The van der Waals surface area contributed by atoms with E-state index in [2.05, 4.69) is 16.0 Å². The maximum atomic E-state index is 14.1. The number of sulfonamides is 1. The van der Waals surface area contributed by atoms with Crippen molar-refractivity contribution < 1.29 is 31.5 Å². The molecule has 1 saturated heterocycles. The van der Waals surface area contributed by atoms with Crippen molar-refractivity contribution in [2.24, 2.45) is 0 Å². The van der Waals surface area contributed by atoms with Gasteiger partial charge in [0, 0.05) is 18.2 Å². The second-order valence-corrected chi connectivity index (χ2v) is 18.0. The summed E-state index contributed by atoms with van der Waals surface area (Å²) >= 11 is 0. The number of amides is 2. The lowest BCUT2D eigenvalue weighted by atomic mass is 9.93. The van der Waals surface area contributed by atoms with Crippen LogP contribution in [0.2, 0.25) is 0 Å². The molecule has 1 heterocycles. The SMILES string of the molecule is C[C@H](NC[C@@H](O)C(Cc1ccccc1)NC(=O)c1cc(C2CCCS(=O)(=O)C2)cc(N(c2ccccc2)S(C)(=O)=O)c1)C(=O)NC1CCCCC1. The van der Waals surface area contributed by atoms with E-state index in [-0.39, 0.29) is 47.7 Å². The summed E-state index contributed by atoms with van der Waals surface area (Å²) in [6.07, 6.45) is 6.57. The van der Waals surface area contributed by atoms with Gasteiger partial charge in [0.05, 0.1) is 47.3 Å². The summed E-state index contributed by atoms with van der Waals surface area (Å²) in [6.45, 7) is 1.77. The molecule has 1 aliphatic carbocycles. The van der Waals surface area contributed by atoms with Gasteiger partial charge in [-0.1, -0.05) is 67.8 Å². The number of carbonyl (C=O) groups excluding carboxylic acids is 2. The van der Waals surface area contributed by atoms with Crippen LogP contribution in [0.3, 0.4) is 0 Å². The first-order valence-electron chi connectivity index (χ1n) is 17.8. The third kappa shape index (κ3) is 10.9. The summed E-state index contributed by atoms with van der Waals surface area (Å²) in [7, 11) is -7.21. The monoisotopic (exact) mass is 738 g/mol. The Balaban J connectivity index is 1.42. The van der Waals surface area contributed by atoms with Gasteiger partial charge < -0.3 is 21.1 Å². The quantitative estimate of drug-likeness (QED) is 0.191. The van der Waals surface area contributed by atoms with Gasteiger partial charge in [0.1, 0.15) is 0 Å². The lowest BCUT2D eigenvalue weighted by Crippen LogP contribution is -2.53. The number of anilines is 2. The van der Waals surface area contributed by atoms with Crippen molar-refractivity contribution >= 4 is 43.0 Å². The smallest absolute Gasteiger partial charge is 0.251 e. The third-order valence-electron chi connectivity index (χ3n) is 9.75. The van der Waals surface area contributed by atoms with Gasteiger partial charge in [-0.15, -0.1) is 0 Å². The standard InChI is InChI=1S/C38H50N4O7S2/c1-27(37(44)40-32-16-8-4-9-17-32)39-25-36(43)35(21-28-13-6-3-7-14-28)41-38(45)31-22-30(29-15-12-20-51(48,49)26-29)23-34(24-31)42(50(2,46)47)33-18-10-5-11-19-33/h3,5-7,10-11,13-14,18-19,22-24,27,29,32,35-36,39,43H,4,8-9,12,15-17,20-21,25-26H2,1-2H3,(H,40,44)(H,41,45)/t27-,29?,35?,36+/m0/s1. The first kappa shape index (κ1) is 38.5. The molecular formula is C38H50N4O7S2. The van der Waals surface area contributed by atoms with Crippen molar-refractivity contribution in [1.82, 2.24) is 16.0 Å². The predicted octanol–water partition coefficient (Wildman–Crippen LogP) is 4.21. The minimum Gasteiger partial charge on any atom is -0.390 e. The molecule has 0 radical (unpaired) electrons. The van der Waals surface area contributed by atoms with E-state index in [9.17, 15) is 31.5 Å². The number of nitrogens with zero attached hydrogens (tertiary/aromatic N) is 1. The van der Waals surface area contributed by atoms with Crippen molar-refractivity contribution in [2.45, 2.75) is 88.4 Å². The number of rotatable bonds is 14. The summed E-state index contributed by atoms with van der Waals surface area (Å²) in [5, 5.41) is 20.7. The van der Waals surface area contributed by atoms with E-state index in [1.165, 1.54) is 12.5 Å². The molecule has 3 aromatic rings. The fourth-order valence-corrected chi connectivity index (χ4v) is 9.75. The van der Waals surface area contributed by atoms with Crippen LogP contribution in [0.15, 0.2) is 78.9 Å². The van der Waals surface area contributed by atoms with Crippen molar-refractivity contribution in [1.29, 1.82) is 0 Å². The predicted molar refractivity (Wildman–Crippen MR) is 200 cm³/mol. The van der Waals surface area contributed by atoms with Gasteiger partial charge in [0.15, 0.2) is 9.84 Å². The summed E-state index contributed by atoms with van der Waals surface area (Å²) in [4.78, 5) is 27.0. The van der Waals surface area contributed by atoms with E-state index in [0.29, 0.717) is 24.1 Å². The fourth-order valence-electron chi connectivity index (χ4n) is 7.01. The largest absolute Gasteiger partial charge is 0.390 e. The molecule has 0 bridgehead atoms. The molecule has 11 nitrogen and oxygen atoms in total. The zero-order valence-electron chi connectivity index (χ0n) is 29.3. The molecule has 1 aliphatic heterocycles. The average molecular weight is 739 g/mol. The van der Waals surface area contributed by atoms with Gasteiger partial charge >= 0.3 is 0 Å². The number of carbonyl (C=O) groups is 2. The minimum absolute atomic E-state index is 0.0259. The normalized spacial score (nSPS) is 19.7. The van der Waals surface area contributed by atoms with E-state index >= 15 is 0 Å². The van der Waals surface area contributed by atoms with E-state index in [1.807, 2.05) is 30.3 Å². The molecule has 2 amide bonds. The lowest BCUT2D eigenvalue weighted by Gasteiger charge is -2.29. The number of hydrogen-bond acceptors (Lipinski definition) is 8. The van der Waals surface area contributed by atoms with Gasteiger partial charge in [0.25, 0.3) is 5.91 Å². The topological polar surface area (TPSA) is 162 Å². The van der Waals surface area contributed by atoms with Crippen molar-refractivity contribution in [3.8, 4) is 0 Å². The lowest BCUT2D eigenvalue weighted by molar-refractivity contribution is -0.123. The Morgan fingerprint density at radius 3 is 2.22 bits per heavy atom. The molecule has 4 N–H and O–H groups in total. The van der Waals surface area contributed by atoms with Gasteiger partial charge in [-0.05, 0) is 86.4 Å². The molecule has 1 saturated carbocycles. The van der Waals surface area contributed by atoms with Crippen LogP contribution in [0.25, 0.3) is 0 Å². The van der Waals surface area contributed by atoms with E-state index in [4.69, 9.17) is 0 Å². The maximum Gasteiger partial charge on any atom is 0.251 e. The second kappa shape index (κ2) is 17.2. The second-order valence-electron chi connectivity index (χ2n) is 13.9. The summed E-state index contributed by atoms with van der Waals surface area (Å²) in [5.74, 6) is -1.13. The van der Waals surface area contributed by atoms with Crippen LogP contribution < -0.4 is 20.3 Å². The molecule has 3 aromatic carbocycles. The average Bonchev–Trinajstić information content (AvgIpc) is 3.10. The van der Waals surface area contributed by atoms with Gasteiger partial charge in [0.2, 0.25) is 15.9 Å². The molecule has 276 valence electrons. The van der Waals surface area contributed by atoms with Crippen molar-refractivity contribution in [3.05, 3.63) is 95.6 Å². The van der Waals surface area contributed by atoms with Crippen LogP contribution in [0.4, 0.5) is 11.4 Å². The molecule has 0 aromatic heterocycles. The molecule has 2 unspecified atom stereocenters. The summed E-state index contributed by atoms with van der Waals surface area (Å²) in [5.41, 5.74) is 2.12. The molecule has 2 aliphatic rings. The highest BCUT2D eigenvalue weighted by Crippen LogP contribution is 2.35. The number of para-hydroxylation sites is 1. The highest BCUT2D eigenvalue weighted by Gasteiger charge is 2.30. The molecule has 13 heteroatoms. The maximum absolute atomic E-state index is 14.1. The highest BCUT2D eigenvalue weighted by molar-refractivity contribution is 7.92. The number of sulfone groups is 1. The number of aliphatic hydroxyl groups excluding tert-OH is 1. The van der Waals surface area contributed by atoms with Crippen molar-refractivity contribution in [3.63, 3.8) is 0 Å². The Morgan fingerprint density at radius 2 is 1.57 bits per heavy atom. The number of hydrogen-bond donors (Lipinski definition) is 4. The third-order valence-corrected chi connectivity index (χ3v) is 12.7. The van der Waals surface area contributed by atoms with E-state index < -0.39 is 49.9 Å². The van der Waals surface area contributed by atoms with Crippen molar-refractivity contribution in [2.75, 3.05) is 28.6 Å². The Labute approximate surface area is 302 Å². The summed E-state index contributed by atoms with van der Waals surface area (Å²) < 4.78 is 52.9. The Bertz CT molecular complexity index is 1850. The molecule has 2 fully saturated rings. The van der Waals surface area contributed by atoms with Crippen LogP contribution >= 0.6 is 0 Å². The number of benzene rings is 3. The Morgan fingerprint density at radius 1 is 0.902 bits per heavy atom. The van der Waals surface area contributed by atoms with Crippen LogP contribution in [0.5, 0.6) is 0 Å².